The van der Waals surface area contributed by atoms with Crippen LogP contribution in [0.2, 0.25) is 0 Å². The lowest BCUT2D eigenvalue weighted by Gasteiger charge is -2.30. The average molecular weight is 270 g/mol. The summed E-state index contributed by atoms with van der Waals surface area (Å²) in [5.41, 5.74) is 0. The van der Waals surface area contributed by atoms with Crippen LogP contribution >= 0.6 is 0 Å². The van der Waals surface area contributed by atoms with E-state index in [1.165, 1.54) is 19.3 Å². The Morgan fingerprint density at radius 1 is 1.05 bits per heavy atom. The fourth-order valence-electron chi connectivity index (χ4n) is 3.34. The fraction of sp³-hybridized carbons (Fsp3) is 0.929. The maximum atomic E-state index is 11.2. The van der Waals surface area contributed by atoms with E-state index in [9.17, 15) is 9.90 Å². The van der Waals surface area contributed by atoms with Gasteiger partial charge in [-0.25, -0.2) is 0 Å². The van der Waals surface area contributed by atoms with Crippen LogP contribution in [0.5, 0.6) is 0 Å². The second-order valence-corrected chi connectivity index (χ2v) is 5.84. The molecule has 3 atom stereocenters. The van der Waals surface area contributed by atoms with Crippen molar-refractivity contribution in [3.05, 3.63) is 0 Å². The molecule has 108 valence electrons. The highest BCUT2D eigenvalue weighted by Crippen LogP contribution is 2.41. The molecule has 19 heavy (non-hydrogen) atoms. The van der Waals surface area contributed by atoms with Gasteiger partial charge in [0.2, 0.25) is 0 Å². The van der Waals surface area contributed by atoms with Crippen LogP contribution in [0.3, 0.4) is 0 Å². The van der Waals surface area contributed by atoms with Gasteiger partial charge in [0, 0.05) is 19.3 Å². The highest BCUT2D eigenvalue weighted by molar-refractivity contribution is 5.71. The zero-order valence-electron chi connectivity index (χ0n) is 11.2. The lowest BCUT2D eigenvalue weighted by atomic mass is 9.96. The highest BCUT2D eigenvalue weighted by atomic mass is 16.8. The Bertz CT molecular complexity index is 335. The molecule has 3 aliphatic rings. The SMILES string of the molecule is O=C1CCC(C2OC3(CCCCCCC3)OC2O)O1. The third-order valence-corrected chi connectivity index (χ3v) is 4.37. The third kappa shape index (κ3) is 2.78. The highest BCUT2D eigenvalue weighted by Gasteiger charge is 2.51. The molecule has 0 aromatic heterocycles. The summed E-state index contributed by atoms with van der Waals surface area (Å²) < 4.78 is 16.9. The van der Waals surface area contributed by atoms with Crippen molar-refractivity contribution in [2.75, 3.05) is 0 Å². The van der Waals surface area contributed by atoms with Crippen LogP contribution in [0, 0.1) is 0 Å². The summed E-state index contributed by atoms with van der Waals surface area (Å²) in [6.45, 7) is 0. The first-order valence-corrected chi connectivity index (χ1v) is 7.42. The Morgan fingerprint density at radius 2 is 1.74 bits per heavy atom. The smallest absolute Gasteiger partial charge is 0.306 e. The number of hydrogen-bond acceptors (Lipinski definition) is 5. The summed E-state index contributed by atoms with van der Waals surface area (Å²) in [5.74, 6) is -0.862. The maximum Gasteiger partial charge on any atom is 0.306 e. The molecule has 5 heteroatoms. The minimum atomic E-state index is -0.977. The van der Waals surface area contributed by atoms with E-state index in [1.807, 2.05) is 0 Å². The standard InChI is InChI=1S/C14H22O5/c15-11-7-6-10(17-11)12-13(16)19-14(18-12)8-4-2-1-3-5-9-14/h10,12-13,16H,1-9H2. The monoisotopic (exact) mass is 270 g/mol. The first kappa shape index (κ1) is 13.3. The number of ether oxygens (including phenoxy) is 3. The van der Waals surface area contributed by atoms with E-state index in [0.717, 1.165) is 25.7 Å². The molecule has 2 aliphatic heterocycles. The lowest BCUT2D eigenvalue weighted by Crippen LogP contribution is -2.36. The maximum absolute atomic E-state index is 11.2. The van der Waals surface area contributed by atoms with Crippen molar-refractivity contribution in [3.8, 4) is 0 Å². The summed E-state index contributed by atoms with van der Waals surface area (Å²) in [5, 5.41) is 10.1. The number of aliphatic hydroxyl groups excluding tert-OH is 1. The Hall–Kier alpha value is -0.650. The van der Waals surface area contributed by atoms with Gasteiger partial charge in [0.1, 0.15) is 12.2 Å². The Balaban J connectivity index is 1.67. The number of aliphatic hydroxyl groups is 1. The predicted molar refractivity (Wildman–Crippen MR) is 66.1 cm³/mol. The normalized spacial score (nSPS) is 39.0. The molecule has 0 amide bonds. The van der Waals surface area contributed by atoms with Crippen LogP contribution in [0.4, 0.5) is 0 Å². The summed E-state index contributed by atoms with van der Waals surface area (Å²) in [7, 11) is 0. The molecule has 2 saturated heterocycles. The van der Waals surface area contributed by atoms with Crippen LogP contribution in [-0.2, 0) is 19.0 Å². The Labute approximate surface area is 113 Å². The van der Waals surface area contributed by atoms with Gasteiger partial charge >= 0.3 is 5.97 Å². The van der Waals surface area contributed by atoms with Crippen LogP contribution in [0.1, 0.15) is 57.8 Å². The molecule has 3 unspecified atom stereocenters. The first-order valence-electron chi connectivity index (χ1n) is 7.42. The fourth-order valence-corrected chi connectivity index (χ4v) is 3.34. The molecule has 2 heterocycles. The van der Waals surface area contributed by atoms with E-state index < -0.39 is 18.2 Å². The van der Waals surface area contributed by atoms with Gasteiger partial charge in [0.15, 0.2) is 12.1 Å². The lowest BCUT2D eigenvalue weighted by molar-refractivity contribution is -0.211. The molecule has 0 radical (unpaired) electrons. The summed E-state index contributed by atoms with van der Waals surface area (Å²) >= 11 is 0. The van der Waals surface area contributed by atoms with E-state index in [1.54, 1.807) is 0 Å². The van der Waals surface area contributed by atoms with Crippen LogP contribution in [-0.4, -0.2) is 35.4 Å². The molecule has 3 rings (SSSR count). The number of cyclic esters (lactones) is 1. The predicted octanol–water partition coefficient (Wildman–Crippen LogP) is 1.87. The van der Waals surface area contributed by atoms with Gasteiger partial charge in [-0.1, -0.05) is 19.3 Å². The molecule has 0 bridgehead atoms. The summed E-state index contributed by atoms with van der Waals surface area (Å²) in [6, 6.07) is 0. The zero-order valence-corrected chi connectivity index (χ0v) is 11.2. The van der Waals surface area contributed by atoms with E-state index in [-0.39, 0.29) is 12.1 Å². The Kier molecular flexibility index (Phi) is 3.78. The second-order valence-electron chi connectivity index (χ2n) is 5.84. The van der Waals surface area contributed by atoms with Crippen LogP contribution < -0.4 is 0 Å². The van der Waals surface area contributed by atoms with Gasteiger partial charge in [-0.3, -0.25) is 4.79 Å². The first-order chi connectivity index (χ1) is 9.19. The average Bonchev–Trinajstić information content (AvgIpc) is 2.90. The van der Waals surface area contributed by atoms with Crippen molar-refractivity contribution in [2.24, 2.45) is 0 Å². The van der Waals surface area contributed by atoms with Crippen LogP contribution in [0.25, 0.3) is 0 Å². The van der Waals surface area contributed by atoms with Crippen molar-refractivity contribution >= 4 is 5.97 Å². The number of carbonyl (C=O) groups excluding carboxylic acids is 1. The summed E-state index contributed by atoms with van der Waals surface area (Å²) in [4.78, 5) is 11.2. The van der Waals surface area contributed by atoms with Gasteiger partial charge in [-0.15, -0.1) is 0 Å². The number of hydrogen-bond donors (Lipinski definition) is 1. The summed E-state index contributed by atoms with van der Waals surface area (Å²) in [6.07, 6.45) is 6.57. The van der Waals surface area contributed by atoms with Crippen molar-refractivity contribution in [1.29, 1.82) is 0 Å². The molecule has 1 spiro atoms. The van der Waals surface area contributed by atoms with Gasteiger partial charge in [0.25, 0.3) is 0 Å². The Morgan fingerprint density at radius 3 is 2.37 bits per heavy atom. The van der Waals surface area contributed by atoms with Crippen molar-refractivity contribution in [1.82, 2.24) is 0 Å². The minimum absolute atomic E-state index is 0.209. The van der Waals surface area contributed by atoms with Gasteiger partial charge in [0.05, 0.1) is 0 Å². The van der Waals surface area contributed by atoms with E-state index >= 15 is 0 Å². The van der Waals surface area contributed by atoms with E-state index in [2.05, 4.69) is 0 Å². The molecule has 1 saturated carbocycles. The number of esters is 1. The van der Waals surface area contributed by atoms with Gasteiger partial charge in [-0.2, -0.15) is 0 Å². The van der Waals surface area contributed by atoms with E-state index in [4.69, 9.17) is 14.2 Å². The molecular formula is C14H22O5. The van der Waals surface area contributed by atoms with Crippen LogP contribution in [0.15, 0.2) is 0 Å². The van der Waals surface area contributed by atoms with Crippen molar-refractivity contribution in [2.45, 2.75) is 82.1 Å². The molecule has 3 fully saturated rings. The quantitative estimate of drug-likeness (QED) is 0.737. The largest absolute Gasteiger partial charge is 0.459 e. The third-order valence-electron chi connectivity index (χ3n) is 4.37. The molecule has 5 nitrogen and oxygen atoms in total. The number of rotatable bonds is 1. The molecule has 0 aromatic carbocycles. The molecule has 1 N–H and O–H groups in total. The molecule has 1 aliphatic carbocycles. The minimum Gasteiger partial charge on any atom is -0.459 e. The topological polar surface area (TPSA) is 65.0 Å². The zero-order chi connectivity index (χ0) is 13.3. The van der Waals surface area contributed by atoms with Gasteiger partial charge < -0.3 is 19.3 Å². The van der Waals surface area contributed by atoms with Crippen molar-refractivity contribution in [3.63, 3.8) is 0 Å². The molecule has 0 aromatic rings. The second kappa shape index (κ2) is 5.38. The van der Waals surface area contributed by atoms with E-state index in [0.29, 0.717) is 12.8 Å². The number of carbonyl (C=O) groups is 1. The van der Waals surface area contributed by atoms with Crippen molar-refractivity contribution < 1.29 is 24.1 Å². The molecular weight excluding hydrogens is 248 g/mol. The van der Waals surface area contributed by atoms with Gasteiger partial charge in [-0.05, 0) is 19.3 Å².